The molecule has 1 nitrogen and oxygen atoms in total. The molecule has 1 heteroatoms. The highest BCUT2D eigenvalue weighted by molar-refractivity contribution is 5.96. The normalized spacial score (nSPS) is 12.0. The van der Waals surface area contributed by atoms with E-state index in [0.29, 0.717) is 0 Å². The van der Waals surface area contributed by atoms with Crippen molar-refractivity contribution in [3.05, 3.63) is 79.1 Å². The number of fused-ring (bicyclic) bond motifs is 1. The molecule has 0 fully saturated rings. The number of allylic oxidation sites excluding steroid dienone is 5. The standard InChI is InChI=1S/C20H21N/c1-6-10-15(11-7-2)16-12-13-20-18(14-16)17(8-3)19(9-4)21(20)5/h6-14H,1,3-4H2,2,5H3/b11-7-,15-10+. The Morgan fingerprint density at radius 2 is 1.90 bits per heavy atom. The van der Waals surface area contributed by atoms with Crippen molar-refractivity contribution in [3.63, 3.8) is 0 Å². The van der Waals surface area contributed by atoms with Crippen LogP contribution in [0.1, 0.15) is 23.7 Å². The molecule has 0 saturated heterocycles. The minimum absolute atomic E-state index is 1.09. The summed E-state index contributed by atoms with van der Waals surface area (Å²) in [5, 5.41) is 1.19. The molecule has 0 amide bonds. The Morgan fingerprint density at radius 1 is 1.14 bits per heavy atom. The zero-order valence-electron chi connectivity index (χ0n) is 12.8. The lowest BCUT2D eigenvalue weighted by Crippen LogP contribution is -1.90. The molecule has 2 rings (SSSR count). The van der Waals surface area contributed by atoms with Gasteiger partial charge in [0.25, 0.3) is 0 Å². The van der Waals surface area contributed by atoms with Crippen molar-refractivity contribution in [1.29, 1.82) is 0 Å². The molecule has 0 unspecified atom stereocenters. The molecule has 0 bridgehead atoms. The van der Waals surface area contributed by atoms with Gasteiger partial charge < -0.3 is 4.57 Å². The lowest BCUT2D eigenvalue weighted by molar-refractivity contribution is 0.953. The molecule has 1 aromatic heterocycles. The van der Waals surface area contributed by atoms with Gasteiger partial charge in [0.1, 0.15) is 0 Å². The Labute approximate surface area is 126 Å². The van der Waals surface area contributed by atoms with Crippen LogP contribution in [0.4, 0.5) is 0 Å². The summed E-state index contributed by atoms with van der Waals surface area (Å²) < 4.78 is 2.15. The van der Waals surface area contributed by atoms with Gasteiger partial charge in [0.05, 0.1) is 0 Å². The third-order valence-electron chi connectivity index (χ3n) is 3.66. The fourth-order valence-electron chi connectivity index (χ4n) is 2.69. The molecule has 0 saturated carbocycles. The Balaban J connectivity index is 2.77. The molecule has 0 aliphatic carbocycles. The summed E-state index contributed by atoms with van der Waals surface area (Å²) >= 11 is 0. The van der Waals surface area contributed by atoms with Crippen molar-refractivity contribution < 1.29 is 0 Å². The Bertz CT molecular complexity index is 767. The molecular formula is C20H21N. The first kappa shape index (κ1) is 14.9. The highest BCUT2D eigenvalue weighted by Gasteiger charge is 2.11. The largest absolute Gasteiger partial charge is 0.344 e. The van der Waals surface area contributed by atoms with E-state index in [-0.39, 0.29) is 0 Å². The number of hydrogen-bond donors (Lipinski definition) is 0. The molecule has 2 aromatic rings. The number of hydrogen-bond acceptors (Lipinski definition) is 0. The highest BCUT2D eigenvalue weighted by Crippen LogP contribution is 2.30. The first-order chi connectivity index (χ1) is 10.2. The maximum atomic E-state index is 3.94. The van der Waals surface area contributed by atoms with Crippen LogP contribution in [0.25, 0.3) is 28.6 Å². The zero-order valence-corrected chi connectivity index (χ0v) is 12.8. The molecule has 0 aliphatic heterocycles. The van der Waals surface area contributed by atoms with Crippen molar-refractivity contribution in [2.24, 2.45) is 7.05 Å². The van der Waals surface area contributed by atoms with Gasteiger partial charge in [-0.3, -0.25) is 0 Å². The van der Waals surface area contributed by atoms with Crippen molar-refractivity contribution in [1.82, 2.24) is 4.57 Å². The molecule has 0 atom stereocenters. The molecule has 1 heterocycles. The van der Waals surface area contributed by atoms with Crippen LogP contribution in [0.3, 0.4) is 0 Å². The van der Waals surface area contributed by atoms with Gasteiger partial charge in [0, 0.05) is 29.2 Å². The van der Waals surface area contributed by atoms with Crippen LogP contribution >= 0.6 is 0 Å². The summed E-state index contributed by atoms with van der Waals surface area (Å²) in [6, 6.07) is 6.48. The molecule has 0 N–H and O–H groups in total. The van der Waals surface area contributed by atoms with Gasteiger partial charge in [0.15, 0.2) is 0 Å². The SMILES string of the molecule is C=C/C=C(\C=C/C)c1ccc2c(c1)c(C=C)c(C=C)n2C. The van der Waals surface area contributed by atoms with E-state index in [9.17, 15) is 0 Å². The monoisotopic (exact) mass is 275 g/mol. The van der Waals surface area contributed by atoms with Gasteiger partial charge in [-0.25, -0.2) is 0 Å². The molecule has 1 aromatic carbocycles. The average Bonchev–Trinajstić information content (AvgIpc) is 2.78. The summed E-state index contributed by atoms with van der Waals surface area (Å²) in [5.74, 6) is 0. The van der Waals surface area contributed by atoms with Crippen LogP contribution in [-0.2, 0) is 7.05 Å². The Morgan fingerprint density at radius 3 is 2.48 bits per heavy atom. The predicted molar refractivity (Wildman–Crippen MR) is 96.1 cm³/mol. The van der Waals surface area contributed by atoms with Crippen LogP contribution in [0, 0.1) is 0 Å². The quantitative estimate of drug-likeness (QED) is 0.625. The van der Waals surface area contributed by atoms with Crippen molar-refractivity contribution in [2.75, 3.05) is 0 Å². The summed E-state index contributed by atoms with van der Waals surface area (Å²) in [7, 11) is 2.05. The Kier molecular flexibility index (Phi) is 4.44. The smallest absolute Gasteiger partial charge is 0.0489 e. The maximum Gasteiger partial charge on any atom is 0.0489 e. The zero-order chi connectivity index (χ0) is 15.4. The van der Waals surface area contributed by atoms with Crippen molar-refractivity contribution in [2.45, 2.75) is 6.92 Å². The topological polar surface area (TPSA) is 4.93 Å². The van der Waals surface area contributed by atoms with Crippen molar-refractivity contribution in [3.8, 4) is 0 Å². The van der Waals surface area contributed by atoms with E-state index in [0.717, 1.165) is 16.8 Å². The van der Waals surface area contributed by atoms with Gasteiger partial charge in [-0.2, -0.15) is 0 Å². The van der Waals surface area contributed by atoms with E-state index in [1.807, 2.05) is 37.3 Å². The summed E-state index contributed by atoms with van der Waals surface area (Å²) in [4.78, 5) is 0. The van der Waals surface area contributed by atoms with Gasteiger partial charge in [-0.15, -0.1) is 0 Å². The van der Waals surface area contributed by atoms with Crippen molar-refractivity contribution >= 4 is 28.6 Å². The van der Waals surface area contributed by atoms with Crippen LogP contribution in [0.5, 0.6) is 0 Å². The van der Waals surface area contributed by atoms with Crippen LogP contribution in [0.15, 0.2) is 62.2 Å². The number of rotatable bonds is 5. The lowest BCUT2D eigenvalue weighted by atomic mass is 10.0. The van der Waals surface area contributed by atoms with E-state index < -0.39 is 0 Å². The van der Waals surface area contributed by atoms with E-state index in [2.05, 4.69) is 55.6 Å². The van der Waals surface area contributed by atoms with Gasteiger partial charge >= 0.3 is 0 Å². The molecule has 21 heavy (non-hydrogen) atoms. The number of nitrogens with zero attached hydrogens (tertiary/aromatic N) is 1. The predicted octanol–water partition coefficient (Wildman–Crippen LogP) is 5.61. The number of aryl methyl sites for hydroxylation is 1. The summed E-state index contributed by atoms with van der Waals surface area (Å²) in [6.07, 6.45) is 11.7. The van der Waals surface area contributed by atoms with Gasteiger partial charge in [0.2, 0.25) is 0 Å². The first-order valence-corrected chi connectivity index (χ1v) is 7.01. The number of aromatic nitrogens is 1. The maximum absolute atomic E-state index is 3.94. The van der Waals surface area contributed by atoms with Crippen LogP contribution in [-0.4, -0.2) is 4.57 Å². The van der Waals surface area contributed by atoms with E-state index in [1.54, 1.807) is 0 Å². The van der Waals surface area contributed by atoms with Crippen LogP contribution in [0.2, 0.25) is 0 Å². The van der Waals surface area contributed by atoms with E-state index in [4.69, 9.17) is 0 Å². The minimum atomic E-state index is 1.09. The highest BCUT2D eigenvalue weighted by atomic mass is 14.9. The average molecular weight is 275 g/mol. The minimum Gasteiger partial charge on any atom is -0.344 e. The second-order valence-corrected chi connectivity index (χ2v) is 4.86. The number of benzene rings is 1. The Hall–Kier alpha value is -2.54. The molecule has 106 valence electrons. The lowest BCUT2D eigenvalue weighted by Gasteiger charge is -2.04. The summed E-state index contributed by atoms with van der Waals surface area (Å²) in [5.41, 5.74) is 5.72. The third kappa shape index (κ3) is 2.55. The molecule has 0 spiro atoms. The second kappa shape index (κ2) is 6.27. The van der Waals surface area contributed by atoms with E-state index in [1.165, 1.54) is 16.5 Å². The molecular weight excluding hydrogens is 254 g/mol. The second-order valence-electron chi connectivity index (χ2n) is 4.86. The molecule has 0 aliphatic rings. The fourth-order valence-corrected chi connectivity index (χ4v) is 2.69. The van der Waals surface area contributed by atoms with Gasteiger partial charge in [-0.05, 0) is 36.3 Å². The summed E-state index contributed by atoms with van der Waals surface area (Å²) in [6.45, 7) is 13.7. The van der Waals surface area contributed by atoms with Gasteiger partial charge in [-0.1, -0.05) is 56.2 Å². The van der Waals surface area contributed by atoms with E-state index >= 15 is 0 Å². The third-order valence-corrected chi connectivity index (χ3v) is 3.66. The van der Waals surface area contributed by atoms with Crippen LogP contribution < -0.4 is 0 Å². The molecule has 0 radical (unpaired) electrons. The fraction of sp³-hybridized carbons (Fsp3) is 0.100. The first-order valence-electron chi connectivity index (χ1n) is 7.01.